The van der Waals surface area contributed by atoms with Crippen LogP contribution >= 0.6 is 23.1 Å². The van der Waals surface area contributed by atoms with E-state index in [0.29, 0.717) is 28.7 Å². The predicted octanol–water partition coefficient (Wildman–Crippen LogP) is 5.32. The van der Waals surface area contributed by atoms with E-state index >= 15 is 0 Å². The molecular weight excluding hydrogens is 661 g/mol. The van der Waals surface area contributed by atoms with Crippen LogP contribution in [0.15, 0.2) is 53.7 Å². The quantitative estimate of drug-likeness (QED) is 0.0754. The maximum absolute atomic E-state index is 13.5. The molecule has 0 saturated carbocycles. The van der Waals surface area contributed by atoms with Gasteiger partial charge >= 0.3 is 11.9 Å². The van der Waals surface area contributed by atoms with Crippen molar-refractivity contribution in [3.63, 3.8) is 0 Å². The molecule has 252 valence electrons. The molecule has 0 unspecified atom stereocenters. The maximum Gasteiger partial charge on any atom is 0.348 e. The van der Waals surface area contributed by atoms with Crippen molar-refractivity contribution >= 4 is 57.5 Å². The van der Waals surface area contributed by atoms with E-state index in [1.165, 1.54) is 18.2 Å². The predicted molar refractivity (Wildman–Crippen MR) is 179 cm³/mol. The fourth-order valence-electron chi connectivity index (χ4n) is 4.54. The highest BCUT2D eigenvalue weighted by atomic mass is 32.2. The lowest BCUT2D eigenvalue weighted by molar-refractivity contribution is -0.385. The van der Waals surface area contributed by atoms with Crippen LogP contribution < -0.4 is 10.6 Å². The molecule has 4 aromatic rings. The van der Waals surface area contributed by atoms with Crippen LogP contribution in [0.1, 0.15) is 73.7 Å². The molecule has 0 aliphatic heterocycles. The maximum atomic E-state index is 13.5. The molecule has 1 atom stereocenters. The first-order chi connectivity index (χ1) is 22.9. The molecule has 2 heterocycles. The second-order valence-electron chi connectivity index (χ2n) is 10.4. The van der Waals surface area contributed by atoms with E-state index < -0.39 is 33.9 Å². The van der Waals surface area contributed by atoms with E-state index in [1.807, 2.05) is 30.3 Å². The number of amides is 2. The standard InChI is InChI=1S/C32H34N6O8S2/c1-6-45-30(41)25-19(4)26(31(42)46-7-2)48-29(25)34-27(39)20(5)47-32-36-35-24(37(32)17-21-11-9-8-10-12-21)16-33-28(40)22-14-13-18(3)23(15-22)38(43)44/h8-15,20H,6-7,16-17H2,1-5H3,(H,33,40)(H,34,39)/t20-/m1/s1. The number of nitrogens with one attached hydrogen (secondary N) is 2. The van der Waals surface area contributed by atoms with Crippen LogP contribution in [-0.4, -0.2) is 61.9 Å². The van der Waals surface area contributed by atoms with Crippen molar-refractivity contribution in [1.29, 1.82) is 0 Å². The van der Waals surface area contributed by atoms with Gasteiger partial charge in [-0.25, -0.2) is 9.59 Å². The van der Waals surface area contributed by atoms with E-state index in [2.05, 4.69) is 20.8 Å². The van der Waals surface area contributed by atoms with Crippen LogP contribution in [0.5, 0.6) is 0 Å². The van der Waals surface area contributed by atoms with Crippen molar-refractivity contribution in [2.75, 3.05) is 18.5 Å². The minimum Gasteiger partial charge on any atom is -0.462 e. The summed E-state index contributed by atoms with van der Waals surface area (Å²) in [5.74, 6) is -1.89. The van der Waals surface area contributed by atoms with Gasteiger partial charge in [0.15, 0.2) is 11.0 Å². The highest BCUT2D eigenvalue weighted by molar-refractivity contribution is 8.00. The monoisotopic (exact) mass is 694 g/mol. The fourth-order valence-corrected chi connectivity index (χ4v) is 6.50. The number of benzene rings is 2. The molecule has 0 fully saturated rings. The number of esters is 2. The average Bonchev–Trinajstić information content (AvgIpc) is 3.59. The number of nitro groups is 1. The Hall–Kier alpha value is -5.09. The Kier molecular flexibility index (Phi) is 12.0. The Bertz CT molecular complexity index is 1840. The summed E-state index contributed by atoms with van der Waals surface area (Å²) in [6, 6.07) is 13.7. The van der Waals surface area contributed by atoms with E-state index in [0.717, 1.165) is 28.7 Å². The highest BCUT2D eigenvalue weighted by Gasteiger charge is 2.29. The Labute approximate surface area is 284 Å². The zero-order valence-corrected chi connectivity index (χ0v) is 28.5. The summed E-state index contributed by atoms with van der Waals surface area (Å²) >= 11 is 2.04. The van der Waals surface area contributed by atoms with Gasteiger partial charge in [0.2, 0.25) is 5.91 Å². The molecule has 14 nitrogen and oxygen atoms in total. The minimum atomic E-state index is -0.747. The molecule has 0 saturated heterocycles. The van der Waals surface area contributed by atoms with Gasteiger partial charge in [-0.2, -0.15) is 0 Å². The van der Waals surface area contributed by atoms with E-state index in [9.17, 15) is 29.3 Å². The number of nitro benzene ring substituents is 1. The molecule has 4 rings (SSSR count). The number of thioether (sulfide) groups is 1. The molecule has 2 aromatic carbocycles. The Morgan fingerprint density at radius 2 is 1.71 bits per heavy atom. The van der Waals surface area contributed by atoms with E-state index in [1.54, 1.807) is 39.2 Å². The third-order valence-electron chi connectivity index (χ3n) is 7.03. The van der Waals surface area contributed by atoms with Gasteiger partial charge in [0, 0.05) is 17.2 Å². The first-order valence-corrected chi connectivity index (χ1v) is 16.6. The largest absolute Gasteiger partial charge is 0.462 e. The molecule has 0 aliphatic rings. The molecule has 0 spiro atoms. The number of thiophene rings is 1. The van der Waals surface area contributed by atoms with Gasteiger partial charge < -0.3 is 24.7 Å². The molecule has 0 bridgehead atoms. The number of aryl methyl sites for hydroxylation is 1. The van der Waals surface area contributed by atoms with E-state index in [-0.39, 0.29) is 46.5 Å². The van der Waals surface area contributed by atoms with Crippen molar-refractivity contribution in [3.8, 4) is 0 Å². The van der Waals surface area contributed by atoms with Crippen LogP contribution in [0.4, 0.5) is 10.7 Å². The highest BCUT2D eigenvalue weighted by Crippen LogP contribution is 2.35. The molecule has 0 aliphatic carbocycles. The Morgan fingerprint density at radius 3 is 2.38 bits per heavy atom. The van der Waals surface area contributed by atoms with Gasteiger partial charge in [0.1, 0.15) is 9.88 Å². The van der Waals surface area contributed by atoms with Crippen LogP contribution in [0.3, 0.4) is 0 Å². The van der Waals surface area contributed by atoms with Gasteiger partial charge in [-0.05, 0) is 51.8 Å². The molecule has 48 heavy (non-hydrogen) atoms. The third-order valence-corrected chi connectivity index (χ3v) is 9.30. The summed E-state index contributed by atoms with van der Waals surface area (Å²) in [4.78, 5) is 62.7. The van der Waals surface area contributed by atoms with Gasteiger partial charge in [0.05, 0.1) is 42.0 Å². The van der Waals surface area contributed by atoms with Crippen LogP contribution in [0.2, 0.25) is 0 Å². The summed E-state index contributed by atoms with van der Waals surface area (Å²) in [5, 5.41) is 25.2. The molecule has 16 heteroatoms. The van der Waals surface area contributed by atoms with Crippen LogP contribution in [0.25, 0.3) is 0 Å². The van der Waals surface area contributed by atoms with Crippen molar-refractivity contribution in [2.24, 2.45) is 0 Å². The molecule has 0 radical (unpaired) electrons. The zero-order valence-electron chi connectivity index (χ0n) is 26.9. The number of aromatic nitrogens is 3. The van der Waals surface area contributed by atoms with Crippen molar-refractivity contribution in [2.45, 2.75) is 58.1 Å². The topological polar surface area (TPSA) is 185 Å². The number of hydrogen-bond donors (Lipinski definition) is 2. The van der Waals surface area contributed by atoms with Gasteiger partial charge in [-0.1, -0.05) is 48.2 Å². The number of carbonyl (C=O) groups is 4. The summed E-state index contributed by atoms with van der Waals surface area (Å²) < 4.78 is 12.1. The smallest absolute Gasteiger partial charge is 0.348 e. The number of rotatable bonds is 14. The molecule has 2 N–H and O–H groups in total. The number of hydrogen-bond acceptors (Lipinski definition) is 12. The van der Waals surface area contributed by atoms with Gasteiger partial charge in [-0.15, -0.1) is 21.5 Å². The third kappa shape index (κ3) is 8.43. The summed E-state index contributed by atoms with van der Waals surface area (Å²) in [6.07, 6.45) is 0. The average molecular weight is 695 g/mol. The zero-order chi connectivity index (χ0) is 35.0. The SMILES string of the molecule is CCOC(=O)c1sc(NC(=O)[C@@H](C)Sc2nnc(CNC(=O)c3ccc(C)c([N+](=O)[O-])c3)n2Cc2ccccc2)c(C(=O)OCC)c1C. The number of carbonyl (C=O) groups excluding carboxylic acids is 4. The fraction of sp³-hybridized carbons (Fsp3) is 0.312. The van der Waals surface area contributed by atoms with Crippen molar-refractivity contribution < 1.29 is 33.6 Å². The Morgan fingerprint density at radius 1 is 1.02 bits per heavy atom. The van der Waals surface area contributed by atoms with Crippen molar-refractivity contribution in [1.82, 2.24) is 20.1 Å². The van der Waals surface area contributed by atoms with E-state index in [4.69, 9.17) is 9.47 Å². The molecule has 2 aromatic heterocycles. The van der Waals surface area contributed by atoms with Gasteiger partial charge in [0.25, 0.3) is 11.6 Å². The van der Waals surface area contributed by atoms with Crippen molar-refractivity contribution in [3.05, 3.63) is 97.2 Å². The first kappa shape index (κ1) is 35.8. The number of anilines is 1. The Balaban J connectivity index is 1.56. The lowest BCUT2D eigenvalue weighted by atomic mass is 10.1. The summed E-state index contributed by atoms with van der Waals surface area (Å²) in [5.41, 5.74) is 1.74. The normalized spacial score (nSPS) is 11.4. The molecule has 2 amide bonds. The number of ether oxygens (including phenoxy) is 2. The molecular formula is C32H34N6O8S2. The van der Waals surface area contributed by atoms with Crippen LogP contribution in [0, 0.1) is 24.0 Å². The first-order valence-electron chi connectivity index (χ1n) is 14.9. The summed E-state index contributed by atoms with van der Waals surface area (Å²) in [6.45, 7) is 8.69. The second-order valence-corrected chi connectivity index (χ2v) is 12.7. The summed E-state index contributed by atoms with van der Waals surface area (Å²) in [7, 11) is 0. The second kappa shape index (κ2) is 16.1. The number of nitrogens with zero attached hydrogens (tertiary/aromatic N) is 4. The lowest BCUT2D eigenvalue weighted by Crippen LogP contribution is -2.26. The lowest BCUT2D eigenvalue weighted by Gasteiger charge is -2.14. The van der Waals surface area contributed by atoms with Gasteiger partial charge in [-0.3, -0.25) is 19.7 Å². The van der Waals surface area contributed by atoms with Crippen LogP contribution in [-0.2, 0) is 27.4 Å². The minimum absolute atomic E-state index is 0.0461.